The zero-order valence-electron chi connectivity index (χ0n) is 18.7. The zero-order chi connectivity index (χ0) is 22.6. The average Bonchev–Trinajstić information content (AvgIpc) is 3.39. The molecule has 2 aliphatic rings. The van der Waals surface area contributed by atoms with Gasteiger partial charge in [0.15, 0.2) is 10.9 Å². The van der Waals surface area contributed by atoms with Gasteiger partial charge in [-0.3, -0.25) is 4.98 Å². The van der Waals surface area contributed by atoms with Gasteiger partial charge in [0.1, 0.15) is 22.4 Å². The molecule has 1 aliphatic heterocycles. The second kappa shape index (κ2) is 8.18. The quantitative estimate of drug-likeness (QED) is 0.423. The highest BCUT2D eigenvalue weighted by atomic mass is 32.2. The lowest BCUT2D eigenvalue weighted by molar-refractivity contribution is -0.158. The van der Waals surface area contributed by atoms with Crippen molar-refractivity contribution in [1.82, 2.24) is 19.9 Å². The zero-order valence-corrected chi connectivity index (χ0v) is 20.4. The Hall–Kier alpha value is -1.85. The number of nitrogens with zero attached hydrogens (tertiary/aromatic N) is 4. The molecular formula is C22H27N5O3S2. The molecule has 2 N–H and O–H groups in total. The molecule has 2 fully saturated rings. The first-order valence-electron chi connectivity index (χ1n) is 10.7. The number of anilines is 1. The fourth-order valence-corrected chi connectivity index (χ4v) is 6.19. The third-order valence-electron chi connectivity index (χ3n) is 6.09. The molecule has 3 aromatic rings. The SMILES string of the molecule is CSc1nc(C)c(-c2nc3c(C)nccc3s2)c(NC2C[C@H](CO)[C@H]3OC(C)(C)O[C@@H]23)n1. The molecule has 0 radical (unpaired) electrons. The highest BCUT2D eigenvalue weighted by Gasteiger charge is 2.54. The fourth-order valence-electron chi connectivity index (χ4n) is 4.67. The van der Waals surface area contributed by atoms with Crippen LogP contribution in [0.5, 0.6) is 0 Å². The Morgan fingerprint density at radius 3 is 2.69 bits per heavy atom. The lowest BCUT2D eigenvalue weighted by atomic mass is 10.1. The molecule has 170 valence electrons. The summed E-state index contributed by atoms with van der Waals surface area (Å²) in [6.07, 6.45) is 4.21. The van der Waals surface area contributed by atoms with Crippen molar-refractivity contribution >= 4 is 39.1 Å². The number of pyridine rings is 1. The van der Waals surface area contributed by atoms with Crippen LogP contribution in [0.4, 0.5) is 5.82 Å². The van der Waals surface area contributed by atoms with Crippen molar-refractivity contribution in [2.24, 2.45) is 5.92 Å². The average molecular weight is 474 g/mol. The van der Waals surface area contributed by atoms with Crippen LogP contribution in [0.2, 0.25) is 0 Å². The van der Waals surface area contributed by atoms with Gasteiger partial charge in [-0.2, -0.15) is 0 Å². The van der Waals surface area contributed by atoms with Crippen molar-refractivity contribution in [3.63, 3.8) is 0 Å². The van der Waals surface area contributed by atoms with E-state index in [1.54, 1.807) is 11.3 Å². The molecule has 3 aromatic heterocycles. The highest BCUT2D eigenvalue weighted by Crippen LogP contribution is 2.44. The number of rotatable bonds is 5. The van der Waals surface area contributed by atoms with Crippen molar-refractivity contribution in [2.45, 2.75) is 63.3 Å². The van der Waals surface area contributed by atoms with E-state index in [1.165, 1.54) is 11.8 Å². The van der Waals surface area contributed by atoms with Crippen LogP contribution in [0.25, 0.3) is 20.8 Å². The van der Waals surface area contributed by atoms with Crippen molar-refractivity contribution in [3.05, 3.63) is 23.7 Å². The maximum absolute atomic E-state index is 9.93. The van der Waals surface area contributed by atoms with Crippen LogP contribution in [0.15, 0.2) is 17.4 Å². The molecule has 1 saturated carbocycles. The van der Waals surface area contributed by atoms with Crippen molar-refractivity contribution in [2.75, 3.05) is 18.2 Å². The van der Waals surface area contributed by atoms with Gasteiger partial charge in [0.25, 0.3) is 0 Å². The smallest absolute Gasteiger partial charge is 0.189 e. The van der Waals surface area contributed by atoms with Crippen LogP contribution >= 0.6 is 23.1 Å². The van der Waals surface area contributed by atoms with Gasteiger partial charge in [0, 0.05) is 18.7 Å². The summed E-state index contributed by atoms with van der Waals surface area (Å²) in [4.78, 5) is 18.8. The Bertz CT molecular complexity index is 1170. The van der Waals surface area contributed by atoms with Crippen molar-refractivity contribution in [3.8, 4) is 10.6 Å². The second-order valence-electron chi connectivity index (χ2n) is 8.78. The molecule has 8 nitrogen and oxygen atoms in total. The molecule has 32 heavy (non-hydrogen) atoms. The summed E-state index contributed by atoms with van der Waals surface area (Å²) in [5.74, 6) is 0.0826. The van der Waals surface area contributed by atoms with Gasteiger partial charge in [-0.25, -0.2) is 15.0 Å². The number of aryl methyl sites for hydroxylation is 2. The number of ether oxygens (including phenoxy) is 2. The Balaban J connectivity index is 1.56. The lowest BCUT2D eigenvalue weighted by Crippen LogP contribution is -2.35. The molecule has 1 aliphatic carbocycles. The highest BCUT2D eigenvalue weighted by molar-refractivity contribution is 7.98. The minimum absolute atomic E-state index is 0.0156. The molecule has 0 aromatic carbocycles. The number of aliphatic hydroxyl groups is 1. The summed E-state index contributed by atoms with van der Waals surface area (Å²) in [6, 6.07) is 1.95. The van der Waals surface area contributed by atoms with E-state index in [0.717, 1.165) is 44.4 Å². The molecule has 0 amide bonds. The molecule has 5 rings (SSSR count). The summed E-state index contributed by atoms with van der Waals surface area (Å²) in [7, 11) is 0. The number of aliphatic hydroxyl groups excluding tert-OH is 1. The van der Waals surface area contributed by atoms with Crippen LogP contribution in [-0.2, 0) is 9.47 Å². The Kier molecular flexibility index (Phi) is 5.61. The maximum Gasteiger partial charge on any atom is 0.189 e. The first-order valence-corrected chi connectivity index (χ1v) is 12.7. The summed E-state index contributed by atoms with van der Waals surface area (Å²) < 4.78 is 13.4. The molecule has 1 saturated heterocycles. The van der Waals surface area contributed by atoms with Gasteiger partial charge >= 0.3 is 0 Å². The summed E-state index contributed by atoms with van der Waals surface area (Å²) in [5, 5.41) is 15.1. The molecule has 4 atom stereocenters. The van der Waals surface area contributed by atoms with E-state index in [4.69, 9.17) is 19.4 Å². The van der Waals surface area contributed by atoms with Crippen LogP contribution in [0.3, 0.4) is 0 Å². The van der Waals surface area contributed by atoms with E-state index >= 15 is 0 Å². The number of thiazole rings is 1. The number of fused-ring (bicyclic) bond motifs is 2. The van der Waals surface area contributed by atoms with E-state index in [9.17, 15) is 5.11 Å². The van der Waals surface area contributed by atoms with Crippen molar-refractivity contribution < 1.29 is 14.6 Å². The monoisotopic (exact) mass is 473 g/mol. The number of aromatic nitrogens is 4. The normalized spacial score (nSPS) is 26.6. The summed E-state index contributed by atoms with van der Waals surface area (Å²) >= 11 is 3.12. The topological polar surface area (TPSA) is 102 Å². The van der Waals surface area contributed by atoms with E-state index < -0.39 is 5.79 Å². The number of thioether (sulfide) groups is 1. The molecule has 4 heterocycles. The van der Waals surface area contributed by atoms with Crippen molar-refractivity contribution in [1.29, 1.82) is 0 Å². The van der Waals surface area contributed by atoms with Gasteiger partial charge in [0.2, 0.25) is 0 Å². The maximum atomic E-state index is 9.93. The minimum Gasteiger partial charge on any atom is -0.396 e. The predicted octanol–water partition coefficient (Wildman–Crippen LogP) is 3.80. The Morgan fingerprint density at radius 2 is 1.97 bits per heavy atom. The van der Waals surface area contributed by atoms with E-state index in [-0.39, 0.29) is 30.8 Å². The molecule has 10 heteroatoms. The molecule has 1 unspecified atom stereocenters. The first-order chi connectivity index (χ1) is 15.3. The van der Waals surface area contributed by atoms with Gasteiger partial charge < -0.3 is 19.9 Å². The van der Waals surface area contributed by atoms with E-state index in [1.807, 2.05) is 46.2 Å². The first kappa shape index (κ1) is 22.0. The molecule has 0 spiro atoms. The van der Waals surface area contributed by atoms with Gasteiger partial charge in [-0.1, -0.05) is 11.8 Å². The van der Waals surface area contributed by atoms with Gasteiger partial charge in [-0.15, -0.1) is 11.3 Å². The Morgan fingerprint density at radius 1 is 1.19 bits per heavy atom. The third kappa shape index (κ3) is 3.77. The largest absolute Gasteiger partial charge is 0.396 e. The molecular weight excluding hydrogens is 446 g/mol. The van der Waals surface area contributed by atoms with E-state index in [2.05, 4.69) is 15.3 Å². The summed E-state index contributed by atoms with van der Waals surface area (Å²) in [6.45, 7) is 7.86. The molecule has 0 bridgehead atoms. The van der Waals surface area contributed by atoms with Crippen LogP contribution < -0.4 is 5.32 Å². The number of hydrogen-bond acceptors (Lipinski definition) is 10. The summed E-state index contributed by atoms with van der Waals surface area (Å²) in [5.41, 5.74) is 3.57. The van der Waals surface area contributed by atoms with Crippen LogP contribution in [0, 0.1) is 19.8 Å². The second-order valence-corrected chi connectivity index (χ2v) is 10.6. The Labute approximate surface area is 195 Å². The standard InChI is InChI=1S/C22H27N5O3S2/c1-10-15(20-26-16-11(2)23-7-6-14(16)32-20)19(27-21(24-10)31-5)25-13-8-12(9-28)17-18(13)30-22(3,4)29-17/h6-7,12-13,17-18,28H,8-9H2,1-5H3,(H,24,25,27)/t12-,13?,17-,18+/m1/s1. The fraction of sp³-hybridized carbons (Fsp3) is 0.545. The third-order valence-corrected chi connectivity index (χ3v) is 7.68. The minimum atomic E-state index is -0.671. The van der Waals surface area contributed by atoms with Gasteiger partial charge in [0.05, 0.1) is 33.8 Å². The van der Waals surface area contributed by atoms with Crippen LogP contribution in [0.1, 0.15) is 31.7 Å². The lowest BCUT2D eigenvalue weighted by Gasteiger charge is -2.24. The number of hydrogen-bond donors (Lipinski definition) is 2. The number of nitrogens with one attached hydrogen (secondary N) is 1. The van der Waals surface area contributed by atoms with Crippen LogP contribution in [-0.4, -0.2) is 61.9 Å². The van der Waals surface area contributed by atoms with Gasteiger partial charge in [-0.05, 0) is 46.4 Å². The van der Waals surface area contributed by atoms with E-state index in [0.29, 0.717) is 5.16 Å². The predicted molar refractivity (Wildman–Crippen MR) is 126 cm³/mol.